The van der Waals surface area contributed by atoms with Gasteiger partial charge in [-0.1, -0.05) is 139 Å². The van der Waals surface area contributed by atoms with Crippen molar-refractivity contribution in [2.24, 2.45) is 0 Å². The molecule has 68 heavy (non-hydrogen) atoms. The van der Waals surface area contributed by atoms with Gasteiger partial charge in [0.05, 0.1) is 6.61 Å². The number of rotatable bonds is 27. The van der Waals surface area contributed by atoms with E-state index in [2.05, 4.69) is 50.6 Å². The van der Waals surface area contributed by atoms with Crippen molar-refractivity contribution in [3.8, 4) is 81.5 Å². The molecule has 348 valence electrons. The minimum absolute atomic E-state index is 0.0211. The van der Waals surface area contributed by atoms with Gasteiger partial charge in [-0.2, -0.15) is 0 Å². The van der Waals surface area contributed by atoms with Crippen LogP contribution in [0.1, 0.15) is 143 Å². The van der Waals surface area contributed by atoms with Crippen molar-refractivity contribution < 1.29 is 28.5 Å². The molecule has 0 spiro atoms. The SMILES string of the molecule is C#CC#CC#COc1c(-c2ccc(OCc3ccccc3)cc2C(=O)CCCCCC)ccc2c(OCCCCCC)c(-c3ccc(OCc4ccccc4)cc3C(=O)CCCCCC)ccc12. The zero-order valence-corrected chi connectivity index (χ0v) is 40.1. The average molecular weight is 905 g/mol. The van der Waals surface area contributed by atoms with Crippen LogP contribution in [-0.2, 0) is 13.2 Å². The predicted molar refractivity (Wildman–Crippen MR) is 277 cm³/mol. The van der Waals surface area contributed by atoms with Crippen LogP contribution >= 0.6 is 0 Å². The number of carbonyl (C=O) groups is 2. The highest BCUT2D eigenvalue weighted by Crippen LogP contribution is 2.46. The molecule has 0 N–H and O–H groups in total. The summed E-state index contributed by atoms with van der Waals surface area (Å²) in [6.45, 7) is 7.74. The summed E-state index contributed by atoms with van der Waals surface area (Å²) in [5, 5.41) is 1.49. The first-order valence-corrected chi connectivity index (χ1v) is 24.5. The summed E-state index contributed by atoms with van der Waals surface area (Å²) in [5.41, 5.74) is 6.11. The Morgan fingerprint density at radius 2 is 0.941 bits per heavy atom. The first-order valence-electron chi connectivity index (χ1n) is 24.5. The minimum Gasteiger partial charge on any atom is -0.492 e. The van der Waals surface area contributed by atoms with Gasteiger partial charge in [-0.3, -0.25) is 9.59 Å². The molecule has 6 aromatic carbocycles. The molecule has 0 unspecified atom stereocenters. The molecule has 0 aliphatic heterocycles. The fourth-order valence-corrected chi connectivity index (χ4v) is 8.25. The lowest BCUT2D eigenvalue weighted by Gasteiger charge is -2.20. The Kier molecular flexibility index (Phi) is 20.3. The number of carbonyl (C=O) groups excluding carboxylic acids is 2. The maximum atomic E-state index is 14.3. The first-order chi connectivity index (χ1) is 33.4. The van der Waals surface area contributed by atoms with Crippen molar-refractivity contribution in [3.05, 3.63) is 144 Å². The molecule has 0 radical (unpaired) electrons. The monoisotopic (exact) mass is 904 g/mol. The second-order valence-electron chi connectivity index (χ2n) is 17.0. The van der Waals surface area contributed by atoms with E-state index in [-0.39, 0.29) is 11.6 Å². The summed E-state index contributed by atoms with van der Waals surface area (Å²) < 4.78 is 25.8. The standard InChI is InChI=1S/C62H64O6/c1-5-9-13-23-31-59(63)57-43-49(67-45-47-27-19-17-20-28-47)33-35-51(57)53-37-39-56-55(61(53)65-41-25-15-11-7-3)40-38-54(62(56)66-42-26-16-12-8-4)52-36-34-50(68-46-48-29-21-18-22-30-48)44-58(52)60(64)32-24-14-10-6-2/h3,17-22,27-30,33-40,43-44H,5-6,8-10,12-14,16,23-24,26,31-32,42,45-46H2,1-2,4H3. The van der Waals surface area contributed by atoms with Crippen LogP contribution < -0.4 is 18.9 Å². The maximum Gasteiger partial charge on any atom is 0.163 e. The van der Waals surface area contributed by atoms with Crippen molar-refractivity contribution in [2.45, 2.75) is 124 Å². The molecule has 0 aliphatic rings. The topological polar surface area (TPSA) is 71.1 Å². The Labute approximate surface area is 404 Å². The summed E-state index contributed by atoms with van der Waals surface area (Å²) in [4.78, 5) is 28.6. The zero-order valence-electron chi connectivity index (χ0n) is 40.1. The van der Waals surface area contributed by atoms with E-state index in [1.54, 1.807) is 0 Å². The molecule has 0 amide bonds. The number of Topliss-reactive ketones (excluding diaryl/α,β-unsaturated/α-hetero) is 2. The Morgan fingerprint density at radius 1 is 0.471 bits per heavy atom. The first kappa shape index (κ1) is 50.2. The van der Waals surface area contributed by atoms with E-state index in [4.69, 9.17) is 25.4 Å². The third kappa shape index (κ3) is 14.4. The molecule has 0 bridgehead atoms. The van der Waals surface area contributed by atoms with Crippen LogP contribution in [0.3, 0.4) is 0 Å². The Balaban J connectivity index is 1.51. The average Bonchev–Trinajstić information content (AvgIpc) is 3.37. The van der Waals surface area contributed by atoms with E-state index in [9.17, 15) is 9.59 Å². The van der Waals surface area contributed by atoms with Gasteiger partial charge in [-0.05, 0) is 114 Å². The number of hydrogen-bond donors (Lipinski definition) is 0. The highest BCUT2D eigenvalue weighted by Gasteiger charge is 2.24. The van der Waals surface area contributed by atoms with Gasteiger partial charge in [0.2, 0.25) is 0 Å². The van der Waals surface area contributed by atoms with Crippen molar-refractivity contribution in [2.75, 3.05) is 6.61 Å². The van der Waals surface area contributed by atoms with E-state index >= 15 is 0 Å². The molecule has 0 fully saturated rings. The third-order valence-corrected chi connectivity index (χ3v) is 11.9. The number of benzene rings is 6. The molecule has 6 heteroatoms. The molecule has 0 aliphatic carbocycles. The minimum atomic E-state index is 0.0211. The number of unbranched alkanes of at least 4 members (excludes halogenated alkanes) is 9. The van der Waals surface area contributed by atoms with E-state index in [1.807, 2.05) is 121 Å². The molecule has 0 atom stereocenters. The van der Waals surface area contributed by atoms with Gasteiger partial charge in [-0.25, -0.2) is 0 Å². The zero-order chi connectivity index (χ0) is 47.8. The maximum absolute atomic E-state index is 14.3. The van der Waals surface area contributed by atoms with E-state index in [1.165, 1.54) is 0 Å². The van der Waals surface area contributed by atoms with E-state index in [0.29, 0.717) is 77.9 Å². The molecule has 6 nitrogen and oxygen atoms in total. The van der Waals surface area contributed by atoms with Crippen LogP contribution in [0.5, 0.6) is 23.0 Å². The fraction of sp³-hybridized carbons (Fsp3) is 0.323. The van der Waals surface area contributed by atoms with Crippen LogP contribution in [0.15, 0.2) is 121 Å². The molecular weight excluding hydrogens is 841 g/mol. The Hall–Kier alpha value is -7.20. The van der Waals surface area contributed by atoms with Gasteiger partial charge in [0.1, 0.15) is 36.6 Å². The van der Waals surface area contributed by atoms with Gasteiger partial charge in [0, 0.05) is 57.7 Å². The summed E-state index contributed by atoms with van der Waals surface area (Å²) in [6, 6.07) is 39.4. The highest BCUT2D eigenvalue weighted by molar-refractivity contribution is 6.09. The lowest BCUT2D eigenvalue weighted by atomic mass is 9.89. The largest absolute Gasteiger partial charge is 0.492 e. The fourth-order valence-electron chi connectivity index (χ4n) is 8.25. The van der Waals surface area contributed by atoms with Crippen molar-refractivity contribution in [3.63, 3.8) is 0 Å². The predicted octanol–water partition coefficient (Wildman–Crippen LogP) is 15.6. The number of fused-ring (bicyclic) bond motifs is 1. The number of ether oxygens (including phenoxy) is 4. The smallest absolute Gasteiger partial charge is 0.163 e. The molecule has 6 aromatic rings. The Bertz CT molecular complexity index is 2760. The lowest BCUT2D eigenvalue weighted by molar-refractivity contribution is 0.0971. The van der Waals surface area contributed by atoms with Crippen LogP contribution in [0, 0.1) is 36.2 Å². The highest BCUT2D eigenvalue weighted by atomic mass is 16.5. The van der Waals surface area contributed by atoms with E-state index < -0.39 is 0 Å². The van der Waals surface area contributed by atoms with Crippen LogP contribution in [0.4, 0.5) is 0 Å². The van der Waals surface area contributed by atoms with Crippen molar-refractivity contribution in [1.82, 2.24) is 0 Å². The normalized spacial score (nSPS) is 10.6. The summed E-state index contributed by atoms with van der Waals surface area (Å²) in [6.07, 6.45) is 20.9. The van der Waals surface area contributed by atoms with Crippen LogP contribution in [0.2, 0.25) is 0 Å². The molecular formula is C62H64O6. The number of terminal acetylenes is 1. The van der Waals surface area contributed by atoms with E-state index in [0.717, 1.165) is 110 Å². The van der Waals surface area contributed by atoms with Crippen LogP contribution in [0.25, 0.3) is 33.0 Å². The second kappa shape index (κ2) is 27.4. The third-order valence-electron chi connectivity index (χ3n) is 11.9. The molecule has 0 saturated carbocycles. The Morgan fingerprint density at radius 3 is 1.44 bits per heavy atom. The molecule has 6 rings (SSSR count). The van der Waals surface area contributed by atoms with Crippen molar-refractivity contribution in [1.29, 1.82) is 0 Å². The molecule has 0 heterocycles. The van der Waals surface area contributed by atoms with Crippen LogP contribution in [-0.4, -0.2) is 18.2 Å². The molecule has 0 aromatic heterocycles. The van der Waals surface area contributed by atoms with Gasteiger partial charge in [-0.15, -0.1) is 6.42 Å². The number of hydrogen-bond acceptors (Lipinski definition) is 6. The van der Waals surface area contributed by atoms with Gasteiger partial charge in [0.15, 0.2) is 17.3 Å². The quantitative estimate of drug-likeness (QED) is 0.0291. The molecule has 0 saturated heterocycles. The summed E-state index contributed by atoms with van der Waals surface area (Å²) >= 11 is 0. The van der Waals surface area contributed by atoms with Gasteiger partial charge in [0.25, 0.3) is 0 Å². The lowest BCUT2D eigenvalue weighted by Crippen LogP contribution is -2.06. The van der Waals surface area contributed by atoms with Crippen molar-refractivity contribution >= 4 is 22.3 Å². The van der Waals surface area contributed by atoms with Gasteiger partial charge < -0.3 is 18.9 Å². The van der Waals surface area contributed by atoms with Gasteiger partial charge >= 0.3 is 0 Å². The number of ketones is 2. The second-order valence-corrected chi connectivity index (χ2v) is 17.0. The summed E-state index contributed by atoms with van der Waals surface area (Å²) in [7, 11) is 0. The summed E-state index contributed by atoms with van der Waals surface area (Å²) in [5.74, 6) is 12.6.